The molecule has 0 saturated heterocycles. The Morgan fingerprint density at radius 2 is 2.00 bits per heavy atom. The molecule has 0 fully saturated rings. The highest BCUT2D eigenvalue weighted by Crippen LogP contribution is 2.36. The molecule has 0 spiro atoms. The second-order valence-corrected chi connectivity index (χ2v) is 6.20. The van der Waals surface area contributed by atoms with Crippen molar-refractivity contribution >= 4 is 34.2 Å². The number of hydrogen-bond acceptors (Lipinski definition) is 4. The Kier molecular flexibility index (Phi) is 6.25. The van der Waals surface area contributed by atoms with Crippen LogP contribution in [0.1, 0.15) is 25.8 Å². The van der Waals surface area contributed by atoms with Gasteiger partial charge in [-0.05, 0) is 54.1 Å². The molecule has 4 nitrogen and oxygen atoms in total. The van der Waals surface area contributed by atoms with Crippen LogP contribution in [0.15, 0.2) is 30.5 Å². The third-order valence-corrected chi connectivity index (χ3v) is 3.84. The van der Waals surface area contributed by atoms with Gasteiger partial charge in [0, 0.05) is 22.0 Å². The second kappa shape index (κ2) is 8.00. The monoisotopic (exact) mass is 451 g/mol. The van der Waals surface area contributed by atoms with E-state index in [4.69, 9.17) is 4.74 Å². The summed E-state index contributed by atoms with van der Waals surface area (Å²) in [6.45, 7) is 4.38. The molecule has 2 aromatic rings. The molecule has 0 atom stereocenters. The van der Waals surface area contributed by atoms with Crippen LogP contribution in [0.2, 0.25) is 0 Å². The topological polar surface area (TPSA) is 38.2 Å². The van der Waals surface area contributed by atoms with Crippen molar-refractivity contribution in [2.75, 3.05) is 18.1 Å². The van der Waals surface area contributed by atoms with Gasteiger partial charge < -0.3 is 9.64 Å². The number of ether oxygens (including phenoxy) is 1. The van der Waals surface area contributed by atoms with Gasteiger partial charge in [-0.2, -0.15) is 18.2 Å². The van der Waals surface area contributed by atoms with Crippen molar-refractivity contribution in [3.63, 3.8) is 0 Å². The quantitative estimate of drug-likeness (QED) is 0.577. The Bertz CT molecular complexity index is 695. The van der Waals surface area contributed by atoms with Crippen molar-refractivity contribution < 1.29 is 17.9 Å². The average Bonchev–Trinajstić information content (AvgIpc) is 2.53. The minimum Gasteiger partial charge on any atom is -0.477 e. The summed E-state index contributed by atoms with van der Waals surface area (Å²) in [7, 11) is 0. The second-order valence-electron chi connectivity index (χ2n) is 4.96. The van der Waals surface area contributed by atoms with Gasteiger partial charge in [0.25, 0.3) is 0 Å². The summed E-state index contributed by atoms with van der Waals surface area (Å²) in [6.07, 6.45) is -3.18. The lowest BCUT2D eigenvalue weighted by molar-refractivity contribution is -0.139. The van der Waals surface area contributed by atoms with E-state index in [1.807, 2.05) is 38.1 Å². The number of hydrogen-bond donors (Lipinski definition) is 0. The zero-order chi connectivity index (χ0) is 17.7. The normalized spacial score (nSPS) is 11.4. The number of nitrogens with zero attached hydrogens (tertiary/aromatic N) is 3. The molecule has 130 valence electrons. The molecular formula is C16H17F3IN3O. The molecule has 0 aliphatic heterocycles. The maximum Gasteiger partial charge on any atom is 0.423 e. The van der Waals surface area contributed by atoms with E-state index in [2.05, 4.69) is 32.6 Å². The molecule has 0 amide bonds. The lowest BCUT2D eigenvalue weighted by Crippen LogP contribution is -2.21. The molecule has 0 unspecified atom stereocenters. The van der Waals surface area contributed by atoms with Crippen molar-refractivity contribution in [1.29, 1.82) is 0 Å². The number of halogens is 4. The molecule has 1 aromatic heterocycles. The maximum absolute atomic E-state index is 13.1. The van der Waals surface area contributed by atoms with E-state index in [-0.39, 0.29) is 12.6 Å². The Balaban J connectivity index is 2.45. The van der Waals surface area contributed by atoms with Gasteiger partial charge in [-0.3, -0.25) is 0 Å². The van der Waals surface area contributed by atoms with E-state index < -0.39 is 17.6 Å². The van der Waals surface area contributed by atoms with Gasteiger partial charge in [-0.15, -0.1) is 0 Å². The molecular weight excluding hydrogens is 434 g/mol. The van der Waals surface area contributed by atoms with Crippen molar-refractivity contribution in [3.8, 4) is 5.88 Å². The Hall–Kier alpha value is -1.58. The van der Waals surface area contributed by atoms with E-state index in [1.165, 1.54) is 0 Å². The fraction of sp³-hybridized carbons (Fsp3) is 0.375. The number of aromatic nitrogens is 2. The highest BCUT2D eigenvalue weighted by Gasteiger charge is 2.36. The minimum absolute atomic E-state index is 0.162. The van der Waals surface area contributed by atoms with E-state index in [1.54, 1.807) is 4.90 Å². The number of rotatable bonds is 6. The van der Waals surface area contributed by atoms with Crippen molar-refractivity contribution in [2.24, 2.45) is 0 Å². The first kappa shape index (κ1) is 18.8. The smallest absolute Gasteiger partial charge is 0.423 e. The molecule has 0 aliphatic rings. The molecule has 0 aliphatic carbocycles. The first-order chi connectivity index (χ1) is 11.4. The zero-order valence-corrected chi connectivity index (χ0v) is 15.4. The third-order valence-electron chi connectivity index (χ3n) is 3.17. The summed E-state index contributed by atoms with van der Waals surface area (Å²) in [6, 6.07) is 7.58. The lowest BCUT2D eigenvalue weighted by atomic mass is 10.3. The van der Waals surface area contributed by atoms with Crippen molar-refractivity contribution in [2.45, 2.75) is 26.4 Å². The standard InChI is InChI=1S/C16H17F3IN3O/c1-3-8-24-14-13(16(17,18)19)10-21-15(22-14)23(4-2)12-7-5-6-11(20)9-12/h5-7,9-10H,3-4,8H2,1-2H3. The van der Waals surface area contributed by atoms with Gasteiger partial charge in [0.05, 0.1) is 6.61 Å². The molecule has 24 heavy (non-hydrogen) atoms. The van der Waals surface area contributed by atoms with Crippen LogP contribution < -0.4 is 9.64 Å². The van der Waals surface area contributed by atoms with Crippen LogP contribution in [-0.2, 0) is 6.18 Å². The van der Waals surface area contributed by atoms with Gasteiger partial charge in [-0.1, -0.05) is 13.0 Å². The van der Waals surface area contributed by atoms with Crippen molar-refractivity contribution in [3.05, 3.63) is 39.6 Å². The van der Waals surface area contributed by atoms with E-state index in [0.717, 1.165) is 15.5 Å². The summed E-state index contributed by atoms with van der Waals surface area (Å²) >= 11 is 2.17. The molecule has 0 bridgehead atoms. The van der Waals surface area contributed by atoms with Crippen LogP contribution in [0.3, 0.4) is 0 Å². The Morgan fingerprint density at radius 3 is 2.58 bits per heavy atom. The van der Waals surface area contributed by atoms with Crippen LogP contribution >= 0.6 is 22.6 Å². The van der Waals surface area contributed by atoms with Crippen LogP contribution in [0, 0.1) is 3.57 Å². The number of anilines is 2. The van der Waals surface area contributed by atoms with E-state index in [0.29, 0.717) is 13.0 Å². The zero-order valence-electron chi connectivity index (χ0n) is 13.3. The fourth-order valence-electron chi connectivity index (χ4n) is 2.07. The SMILES string of the molecule is CCCOc1nc(N(CC)c2cccc(I)c2)ncc1C(F)(F)F. The molecule has 0 radical (unpaired) electrons. The third kappa shape index (κ3) is 4.49. The average molecular weight is 451 g/mol. The minimum atomic E-state index is -4.55. The largest absolute Gasteiger partial charge is 0.477 e. The fourth-order valence-corrected chi connectivity index (χ4v) is 2.60. The summed E-state index contributed by atoms with van der Waals surface area (Å²) in [4.78, 5) is 9.66. The van der Waals surface area contributed by atoms with Crippen LogP contribution in [-0.4, -0.2) is 23.1 Å². The predicted molar refractivity (Wildman–Crippen MR) is 94.7 cm³/mol. The van der Waals surface area contributed by atoms with Gasteiger partial charge in [0.2, 0.25) is 11.8 Å². The Morgan fingerprint density at radius 1 is 1.25 bits per heavy atom. The molecule has 0 saturated carbocycles. The summed E-state index contributed by atoms with van der Waals surface area (Å²) < 4.78 is 45.5. The van der Waals surface area contributed by atoms with Crippen LogP contribution in [0.5, 0.6) is 5.88 Å². The molecule has 2 rings (SSSR count). The van der Waals surface area contributed by atoms with Crippen LogP contribution in [0.4, 0.5) is 24.8 Å². The van der Waals surface area contributed by atoms with Gasteiger partial charge >= 0.3 is 6.18 Å². The van der Waals surface area contributed by atoms with E-state index >= 15 is 0 Å². The van der Waals surface area contributed by atoms with E-state index in [9.17, 15) is 13.2 Å². The van der Waals surface area contributed by atoms with Gasteiger partial charge in [0.15, 0.2) is 0 Å². The summed E-state index contributed by atoms with van der Waals surface area (Å²) in [5, 5.41) is 0. The van der Waals surface area contributed by atoms with Crippen LogP contribution in [0.25, 0.3) is 0 Å². The first-order valence-corrected chi connectivity index (χ1v) is 8.54. The molecule has 1 heterocycles. The highest BCUT2D eigenvalue weighted by molar-refractivity contribution is 14.1. The molecule has 1 aromatic carbocycles. The van der Waals surface area contributed by atoms with Gasteiger partial charge in [-0.25, -0.2) is 4.98 Å². The maximum atomic E-state index is 13.1. The lowest BCUT2D eigenvalue weighted by Gasteiger charge is -2.22. The predicted octanol–water partition coefficient (Wildman–Crippen LogP) is 5.05. The Labute approximate surface area is 152 Å². The molecule has 0 N–H and O–H groups in total. The molecule has 8 heteroatoms. The number of benzene rings is 1. The number of alkyl halides is 3. The van der Waals surface area contributed by atoms with Gasteiger partial charge in [0.1, 0.15) is 5.56 Å². The first-order valence-electron chi connectivity index (χ1n) is 7.47. The summed E-state index contributed by atoms with van der Waals surface area (Å²) in [5.41, 5.74) is -0.149. The summed E-state index contributed by atoms with van der Waals surface area (Å²) in [5.74, 6) is -0.253. The van der Waals surface area contributed by atoms with Crippen molar-refractivity contribution in [1.82, 2.24) is 9.97 Å². The highest BCUT2D eigenvalue weighted by atomic mass is 127.